The van der Waals surface area contributed by atoms with E-state index >= 15 is 0 Å². The summed E-state index contributed by atoms with van der Waals surface area (Å²) in [5, 5.41) is 19.3. The highest BCUT2D eigenvalue weighted by Crippen LogP contribution is 2.35. The molecular weight excluding hydrogens is 368 g/mol. The zero-order valence-corrected chi connectivity index (χ0v) is 15.8. The molecule has 0 unspecified atom stereocenters. The number of nitrogens with zero attached hydrogens (tertiary/aromatic N) is 4. The number of aromatic nitrogens is 2. The third-order valence-electron chi connectivity index (χ3n) is 5.74. The van der Waals surface area contributed by atoms with Crippen molar-refractivity contribution in [3.63, 3.8) is 0 Å². The van der Waals surface area contributed by atoms with Gasteiger partial charge in [0.15, 0.2) is 0 Å². The van der Waals surface area contributed by atoms with Gasteiger partial charge in [-0.25, -0.2) is 4.79 Å². The van der Waals surface area contributed by atoms with Crippen LogP contribution in [0.4, 0.5) is 0 Å². The Labute approximate surface area is 167 Å². The van der Waals surface area contributed by atoms with Crippen LogP contribution < -0.4 is 5.56 Å². The number of aromatic carboxylic acids is 1. The molecule has 1 aliphatic heterocycles. The Hall–Kier alpha value is -3.50. The summed E-state index contributed by atoms with van der Waals surface area (Å²) in [6.45, 7) is 1.93. The molecule has 0 amide bonds. The second kappa shape index (κ2) is 7.49. The lowest BCUT2D eigenvalue weighted by atomic mass is 9.74. The zero-order chi connectivity index (χ0) is 20.4. The molecule has 0 saturated carbocycles. The van der Waals surface area contributed by atoms with E-state index in [0.29, 0.717) is 38.0 Å². The van der Waals surface area contributed by atoms with Crippen LogP contribution in [0.1, 0.15) is 34.3 Å². The summed E-state index contributed by atoms with van der Waals surface area (Å²) in [6, 6.07) is 13.1. The van der Waals surface area contributed by atoms with Gasteiger partial charge >= 0.3 is 5.97 Å². The largest absolute Gasteiger partial charge is 0.477 e. The first kappa shape index (κ1) is 18.8. The Balaban J connectivity index is 1.61. The van der Waals surface area contributed by atoms with Crippen molar-refractivity contribution >= 4 is 11.5 Å². The van der Waals surface area contributed by atoms with Gasteiger partial charge in [0, 0.05) is 38.2 Å². The van der Waals surface area contributed by atoms with Crippen molar-refractivity contribution in [2.45, 2.75) is 24.8 Å². The van der Waals surface area contributed by atoms with Gasteiger partial charge in [-0.2, -0.15) is 5.26 Å². The van der Waals surface area contributed by atoms with Crippen LogP contribution in [0.3, 0.4) is 0 Å². The maximum atomic E-state index is 12.4. The van der Waals surface area contributed by atoms with Crippen molar-refractivity contribution in [1.82, 2.24) is 14.3 Å². The van der Waals surface area contributed by atoms with Gasteiger partial charge in [-0.05, 0) is 54.3 Å². The van der Waals surface area contributed by atoms with E-state index in [0.717, 1.165) is 11.1 Å². The number of fused-ring (bicyclic) bond motifs is 1. The summed E-state index contributed by atoms with van der Waals surface area (Å²) >= 11 is 0. The maximum absolute atomic E-state index is 12.4. The van der Waals surface area contributed by atoms with Crippen LogP contribution in [0.5, 0.6) is 0 Å². The fourth-order valence-corrected chi connectivity index (χ4v) is 4.07. The Morgan fingerprint density at radius 3 is 2.59 bits per heavy atom. The molecule has 0 spiro atoms. The van der Waals surface area contributed by atoms with Gasteiger partial charge in [-0.1, -0.05) is 6.07 Å². The predicted molar refractivity (Wildman–Crippen MR) is 107 cm³/mol. The van der Waals surface area contributed by atoms with E-state index in [2.05, 4.69) is 16.0 Å². The summed E-state index contributed by atoms with van der Waals surface area (Å²) in [7, 11) is 0. The minimum Gasteiger partial charge on any atom is -0.477 e. The normalized spacial score (nSPS) is 16.4. The summed E-state index contributed by atoms with van der Waals surface area (Å²) in [4.78, 5) is 30.2. The van der Waals surface area contributed by atoms with Crippen molar-refractivity contribution in [3.05, 3.63) is 82.0 Å². The molecule has 3 aromatic rings. The summed E-state index contributed by atoms with van der Waals surface area (Å²) in [5.41, 5.74) is 1.19. The standard InChI is InChI=1S/C22H20N4O3/c23-15-22(17-4-8-24-9-5-17)6-11-25(12-7-22)14-16-13-18(21(28)29)20(27)26-10-2-1-3-19(16)26/h1-5,8-10,13H,6-7,11-12,14H2,(H,28,29). The molecule has 1 N–H and O–H groups in total. The van der Waals surface area contributed by atoms with E-state index in [1.807, 2.05) is 24.3 Å². The lowest BCUT2D eigenvalue weighted by Crippen LogP contribution is -2.41. The second-order valence-electron chi connectivity index (χ2n) is 7.36. The van der Waals surface area contributed by atoms with Crippen molar-refractivity contribution in [2.75, 3.05) is 13.1 Å². The number of hydrogen-bond donors (Lipinski definition) is 1. The lowest BCUT2D eigenvalue weighted by Gasteiger charge is -2.37. The molecule has 7 heteroatoms. The van der Waals surface area contributed by atoms with Crippen LogP contribution in [0.2, 0.25) is 0 Å². The summed E-state index contributed by atoms with van der Waals surface area (Å²) < 4.78 is 1.39. The average Bonchev–Trinajstić information content (AvgIpc) is 2.77. The minimum atomic E-state index is -1.23. The molecule has 1 aliphatic rings. The third kappa shape index (κ3) is 3.39. The molecule has 1 fully saturated rings. The molecule has 146 valence electrons. The van der Waals surface area contributed by atoms with Crippen LogP contribution in [-0.2, 0) is 12.0 Å². The van der Waals surface area contributed by atoms with Gasteiger partial charge < -0.3 is 5.11 Å². The molecule has 29 heavy (non-hydrogen) atoms. The lowest BCUT2D eigenvalue weighted by molar-refractivity contribution is 0.0694. The number of piperidine rings is 1. The molecule has 7 nitrogen and oxygen atoms in total. The fraction of sp³-hybridized carbons (Fsp3) is 0.273. The quantitative estimate of drug-likeness (QED) is 0.737. The molecular formula is C22H20N4O3. The fourth-order valence-electron chi connectivity index (χ4n) is 4.07. The first-order chi connectivity index (χ1) is 14.0. The van der Waals surface area contributed by atoms with E-state index in [-0.39, 0.29) is 5.56 Å². The van der Waals surface area contributed by atoms with E-state index < -0.39 is 16.9 Å². The maximum Gasteiger partial charge on any atom is 0.341 e. The number of nitriles is 1. The van der Waals surface area contributed by atoms with Gasteiger partial charge in [0.25, 0.3) is 5.56 Å². The monoisotopic (exact) mass is 388 g/mol. The van der Waals surface area contributed by atoms with Gasteiger partial charge in [0.2, 0.25) is 0 Å². The van der Waals surface area contributed by atoms with E-state index in [1.165, 1.54) is 10.5 Å². The smallest absolute Gasteiger partial charge is 0.341 e. The number of carbonyl (C=O) groups is 1. The van der Waals surface area contributed by atoms with Gasteiger partial charge in [0.1, 0.15) is 5.56 Å². The Bertz CT molecular complexity index is 1160. The first-order valence-corrected chi connectivity index (χ1v) is 9.45. The molecule has 0 bridgehead atoms. The predicted octanol–water partition coefficient (Wildman–Crippen LogP) is 2.45. The van der Waals surface area contributed by atoms with Crippen LogP contribution in [0.15, 0.2) is 59.8 Å². The number of rotatable bonds is 4. The number of carboxylic acids is 1. The van der Waals surface area contributed by atoms with Crippen molar-refractivity contribution in [2.24, 2.45) is 0 Å². The van der Waals surface area contributed by atoms with Gasteiger partial charge in [0.05, 0.1) is 17.0 Å². The third-order valence-corrected chi connectivity index (χ3v) is 5.74. The van der Waals surface area contributed by atoms with Gasteiger partial charge in [-0.15, -0.1) is 0 Å². The Morgan fingerprint density at radius 2 is 1.93 bits per heavy atom. The Kier molecular flexibility index (Phi) is 4.87. The number of pyridine rings is 3. The Morgan fingerprint density at radius 1 is 1.21 bits per heavy atom. The van der Waals surface area contributed by atoms with Crippen LogP contribution >= 0.6 is 0 Å². The SMILES string of the molecule is N#CC1(c2ccncc2)CCN(Cc2cc(C(=O)O)c(=O)n3ccccc23)CC1. The van der Waals surface area contributed by atoms with Crippen molar-refractivity contribution < 1.29 is 9.90 Å². The molecule has 3 aromatic heterocycles. The molecule has 4 heterocycles. The van der Waals surface area contributed by atoms with Gasteiger partial charge in [-0.3, -0.25) is 19.1 Å². The highest BCUT2D eigenvalue weighted by Gasteiger charge is 2.36. The topological polar surface area (TPSA) is 98.7 Å². The first-order valence-electron chi connectivity index (χ1n) is 9.45. The molecule has 0 aromatic carbocycles. The number of carboxylic acid groups (broad SMARTS) is 1. The van der Waals surface area contributed by atoms with Crippen LogP contribution in [0.25, 0.3) is 5.52 Å². The molecule has 4 rings (SSSR count). The molecule has 0 radical (unpaired) electrons. The summed E-state index contributed by atoms with van der Waals surface area (Å²) in [5.74, 6) is -1.23. The van der Waals surface area contributed by atoms with Crippen LogP contribution in [0, 0.1) is 11.3 Å². The highest BCUT2D eigenvalue weighted by molar-refractivity contribution is 5.88. The van der Waals surface area contributed by atoms with E-state index in [9.17, 15) is 20.0 Å². The molecule has 0 aliphatic carbocycles. The van der Waals surface area contributed by atoms with E-state index in [4.69, 9.17) is 0 Å². The molecule has 1 saturated heterocycles. The minimum absolute atomic E-state index is 0.233. The average molecular weight is 388 g/mol. The van der Waals surface area contributed by atoms with Crippen molar-refractivity contribution in [1.29, 1.82) is 5.26 Å². The van der Waals surface area contributed by atoms with E-state index in [1.54, 1.807) is 24.7 Å². The summed E-state index contributed by atoms with van der Waals surface area (Å²) in [6.07, 6.45) is 6.38. The number of likely N-dealkylation sites (tertiary alicyclic amines) is 1. The number of hydrogen-bond acceptors (Lipinski definition) is 5. The van der Waals surface area contributed by atoms with Crippen molar-refractivity contribution in [3.8, 4) is 6.07 Å². The second-order valence-corrected chi connectivity index (χ2v) is 7.36. The molecule has 0 atom stereocenters. The van der Waals surface area contributed by atoms with Crippen LogP contribution in [-0.4, -0.2) is 38.4 Å². The zero-order valence-electron chi connectivity index (χ0n) is 15.8. The highest BCUT2D eigenvalue weighted by atomic mass is 16.4.